The molecular weight excluding hydrogens is 465 g/mol. The monoisotopic (exact) mass is 481 g/mol. The van der Waals surface area contributed by atoms with Crippen molar-refractivity contribution in [3.63, 3.8) is 0 Å². The van der Waals surface area contributed by atoms with E-state index in [1.165, 1.54) is 0 Å². The molecule has 0 amide bonds. The maximum absolute atomic E-state index is 13.4. The minimum Gasteiger partial charge on any atom is -0.445 e. The number of hydrogen-bond acceptors (Lipinski definition) is 3. The molecule has 4 aromatic rings. The van der Waals surface area contributed by atoms with Crippen molar-refractivity contribution < 1.29 is 14.3 Å². The third-order valence-corrected chi connectivity index (χ3v) is 5.45. The van der Waals surface area contributed by atoms with E-state index < -0.39 is 12.1 Å². The van der Waals surface area contributed by atoms with E-state index in [-0.39, 0.29) is 5.78 Å². The number of fused-ring (bicyclic) bond motifs is 1. The highest BCUT2D eigenvalue weighted by molar-refractivity contribution is 14.1. The Balaban J connectivity index is 1.73. The number of para-hydroxylation sites is 1. The van der Waals surface area contributed by atoms with Crippen LogP contribution in [0.2, 0.25) is 0 Å². The summed E-state index contributed by atoms with van der Waals surface area (Å²) >= 11 is 2.09. The van der Waals surface area contributed by atoms with Crippen LogP contribution >= 0.6 is 22.6 Å². The first-order valence-corrected chi connectivity index (χ1v) is 9.84. The van der Waals surface area contributed by atoms with Gasteiger partial charge in [-0.3, -0.25) is 4.79 Å². The van der Waals surface area contributed by atoms with Gasteiger partial charge in [-0.2, -0.15) is 0 Å². The molecule has 0 radical (unpaired) electrons. The quantitative estimate of drug-likeness (QED) is 0.231. The van der Waals surface area contributed by atoms with Gasteiger partial charge in [0.05, 0.1) is 5.56 Å². The van der Waals surface area contributed by atoms with Gasteiger partial charge in [-0.15, -0.1) is 0 Å². The number of carbonyl (C=O) groups is 2. The lowest BCUT2D eigenvalue weighted by atomic mass is 9.99. The summed E-state index contributed by atoms with van der Waals surface area (Å²) in [5.41, 5.74) is 2.44. The second kappa shape index (κ2) is 7.98. The Bertz CT molecular complexity index is 1150. The minimum absolute atomic E-state index is 0.261. The number of rotatable bonds is 5. The van der Waals surface area contributed by atoms with Crippen LogP contribution in [0.4, 0.5) is 0 Å². The summed E-state index contributed by atoms with van der Waals surface area (Å²) in [6, 6.07) is 23.8. The summed E-state index contributed by atoms with van der Waals surface area (Å²) in [7, 11) is 0. The smallest absolute Gasteiger partial charge is 0.340 e. The van der Waals surface area contributed by atoms with Gasteiger partial charge in [0.1, 0.15) is 0 Å². The zero-order chi connectivity index (χ0) is 19.5. The molecule has 5 heteroatoms. The molecule has 0 bridgehead atoms. The second-order valence-corrected chi connectivity index (χ2v) is 7.45. The van der Waals surface area contributed by atoms with Gasteiger partial charge in [0.15, 0.2) is 6.10 Å². The van der Waals surface area contributed by atoms with E-state index in [0.29, 0.717) is 16.7 Å². The Labute approximate surface area is 175 Å². The molecule has 0 saturated heterocycles. The van der Waals surface area contributed by atoms with Crippen LogP contribution in [0.3, 0.4) is 0 Å². The number of aromatic nitrogens is 1. The molecule has 0 saturated carbocycles. The van der Waals surface area contributed by atoms with Crippen molar-refractivity contribution >= 4 is 45.2 Å². The largest absolute Gasteiger partial charge is 0.445 e. The summed E-state index contributed by atoms with van der Waals surface area (Å²) in [4.78, 5) is 29.3. The number of H-pyrrole nitrogens is 1. The predicted octanol–water partition coefficient (Wildman–Crippen LogP) is 5.55. The number of ketones is 1. The zero-order valence-corrected chi connectivity index (χ0v) is 16.9. The van der Waals surface area contributed by atoms with E-state index in [2.05, 4.69) is 27.6 Å². The van der Waals surface area contributed by atoms with Gasteiger partial charge in [0.25, 0.3) is 0 Å². The molecule has 1 N–H and O–H groups in total. The predicted molar refractivity (Wildman–Crippen MR) is 116 cm³/mol. The third kappa shape index (κ3) is 3.57. The van der Waals surface area contributed by atoms with Gasteiger partial charge >= 0.3 is 5.97 Å². The first-order valence-electron chi connectivity index (χ1n) is 8.76. The summed E-state index contributed by atoms with van der Waals surface area (Å²) < 4.78 is 6.51. The van der Waals surface area contributed by atoms with Crippen LogP contribution in [-0.4, -0.2) is 16.7 Å². The SMILES string of the molecule is O=C(OC(C(=O)c1c[nH]c2ccccc12)c1ccccc1)c1ccccc1I. The molecule has 0 fully saturated rings. The van der Waals surface area contributed by atoms with Crippen molar-refractivity contribution in [2.45, 2.75) is 6.10 Å². The van der Waals surface area contributed by atoms with Gasteiger partial charge < -0.3 is 9.72 Å². The summed E-state index contributed by atoms with van der Waals surface area (Å²) in [5, 5.41) is 0.804. The fraction of sp³-hybridized carbons (Fsp3) is 0.0435. The minimum atomic E-state index is -1.02. The fourth-order valence-electron chi connectivity index (χ4n) is 3.11. The molecule has 0 aliphatic carbocycles. The first-order chi connectivity index (χ1) is 13.6. The Morgan fingerprint density at radius 2 is 1.50 bits per heavy atom. The number of carbonyl (C=O) groups excluding carboxylic acids is 2. The highest BCUT2D eigenvalue weighted by Gasteiger charge is 2.29. The molecule has 1 atom stereocenters. The van der Waals surface area contributed by atoms with E-state index in [1.807, 2.05) is 54.6 Å². The number of benzene rings is 3. The van der Waals surface area contributed by atoms with Crippen molar-refractivity contribution in [3.05, 3.63) is 105 Å². The van der Waals surface area contributed by atoms with Gasteiger partial charge in [0.2, 0.25) is 5.78 Å². The van der Waals surface area contributed by atoms with Crippen LogP contribution in [0.15, 0.2) is 85.1 Å². The highest BCUT2D eigenvalue weighted by atomic mass is 127. The van der Waals surface area contributed by atoms with Crippen LogP contribution in [-0.2, 0) is 4.74 Å². The molecule has 4 nitrogen and oxygen atoms in total. The molecule has 0 aliphatic rings. The Morgan fingerprint density at radius 1 is 0.821 bits per heavy atom. The molecule has 138 valence electrons. The van der Waals surface area contributed by atoms with Crippen molar-refractivity contribution in [1.29, 1.82) is 0 Å². The lowest BCUT2D eigenvalue weighted by molar-refractivity contribution is 0.0279. The standard InChI is InChI=1S/C23H16INO3/c24-19-12-6-4-11-17(19)23(27)28-22(15-8-2-1-3-9-15)21(26)18-14-25-20-13-7-5-10-16(18)20/h1-14,22,25H. The first kappa shape index (κ1) is 18.4. The van der Waals surface area contributed by atoms with Crippen molar-refractivity contribution in [2.24, 2.45) is 0 Å². The van der Waals surface area contributed by atoms with E-state index >= 15 is 0 Å². The molecule has 1 unspecified atom stereocenters. The fourth-order valence-corrected chi connectivity index (χ4v) is 3.72. The number of Topliss-reactive ketones (excluding diaryl/α,β-unsaturated/α-hetero) is 1. The lowest BCUT2D eigenvalue weighted by Crippen LogP contribution is -2.20. The normalized spacial score (nSPS) is 11.9. The number of aromatic amines is 1. The number of halogens is 1. The summed E-state index contributed by atoms with van der Waals surface area (Å²) in [6.45, 7) is 0. The van der Waals surface area contributed by atoms with Crippen LogP contribution in [0.1, 0.15) is 32.4 Å². The van der Waals surface area contributed by atoms with Crippen molar-refractivity contribution in [3.8, 4) is 0 Å². The molecule has 0 spiro atoms. The van der Waals surface area contributed by atoms with E-state index in [1.54, 1.807) is 30.5 Å². The molecule has 1 heterocycles. The van der Waals surface area contributed by atoms with Gasteiger partial charge in [-0.25, -0.2) is 4.79 Å². The van der Waals surface area contributed by atoms with E-state index in [0.717, 1.165) is 14.5 Å². The molecule has 1 aromatic heterocycles. The molecule has 0 aliphatic heterocycles. The number of esters is 1. The molecule has 28 heavy (non-hydrogen) atoms. The van der Waals surface area contributed by atoms with Gasteiger partial charge in [0, 0.05) is 31.8 Å². The van der Waals surface area contributed by atoms with Crippen molar-refractivity contribution in [2.75, 3.05) is 0 Å². The lowest BCUT2D eigenvalue weighted by Gasteiger charge is -2.17. The molecule has 3 aromatic carbocycles. The zero-order valence-electron chi connectivity index (χ0n) is 14.8. The van der Waals surface area contributed by atoms with E-state index in [4.69, 9.17) is 4.74 Å². The Hall–Kier alpha value is -2.93. The van der Waals surface area contributed by atoms with Crippen molar-refractivity contribution in [1.82, 2.24) is 4.98 Å². The summed E-state index contributed by atoms with van der Waals surface area (Å²) in [6.07, 6.45) is 0.646. The second-order valence-electron chi connectivity index (χ2n) is 6.29. The Morgan fingerprint density at radius 3 is 2.29 bits per heavy atom. The van der Waals surface area contributed by atoms with Crippen LogP contribution < -0.4 is 0 Å². The third-order valence-electron chi connectivity index (χ3n) is 4.51. The molecule has 4 rings (SSSR count). The van der Waals surface area contributed by atoms with Gasteiger partial charge in [-0.1, -0.05) is 60.7 Å². The van der Waals surface area contributed by atoms with Gasteiger partial charge in [-0.05, 0) is 40.8 Å². The maximum atomic E-state index is 13.4. The van der Waals surface area contributed by atoms with E-state index in [9.17, 15) is 9.59 Å². The number of nitrogens with one attached hydrogen (secondary N) is 1. The Kier molecular flexibility index (Phi) is 5.25. The average Bonchev–Trinajstić information content (AvgIpc) is 3.16. The maximum Gasteiger partial charge on any atom is 0.340 e. The topological polar surface area (TPSA) is 59.2 Å². The van der Waals surface area contributed by atoms with Crippen LogP contribution in [0.5, 0.6) is 0 Å². The number of ether oxygens (including phenoxy) is 1. The number of hydrogen-bond donors (Lipinski definition) is 1. The highest BCUT2D eigenvalue weighted by Crippen LogP contribution is 2.28. The molecular formula is C23H16INO3. The summed E-state index contributed by atoms with van der Waals surface area (Å²) in [5.74, 6) is -0.782. The average molecular weight is 481 g/mol. The van der Waals surface area contributed by atoms with Crippen LogP contribution in [0.25, 0.3) is 10.9 Å². The van der Waals surface area contributed by atoms with Crippen LogP contribution in [0, 0.1) is 3.57 Å².